The van der Waals surface area contributed by atoms with Crippen LogP contribution >= 0.6 is 11.3 Å². The van der Waals surface area contributed by atoms with Crippen LogP contribution in [0.3, 0.4) is 0 Å². The van der Waals surface area contributed by atoms with Crippen molar-refractivity contribution in [1.82, 2.24) is 24.6 Å². The third-order valence-corrected chi connectivity index (χ3v) is 3.70. The Morgan fingerprint density at radius 2 is 2.16 bits per heavy atom. The SMILES string of the molecule is Nc1nc2ccc(-c3nnc4ncccn34)cc2s1. The maximum Gasteiger partial charge on any atom is 0.255 e. The molecule has 0 aliphatic heterocycles. The maximum atomic E-state index is 5.71. The average molecular weight is 268 g/mol. The van der Waals surface area contributed by atoms with Gasteiger partial charge in [0, 0.05) is 18.0 Å². The van der Waals surface area contributed by atoms with Crippen LogP contribution in [0.15, 0.2) is 36.7 Å². The summed E-state index contributed by atoms with van der Waals surface area (Å²) in [6.07, 6.45) is 3.59. The summed E-state index contributed by atoms with van der Waals surface area (Å²) in [6.45, 7) is 0. The number of aromatic nitrogens is 5. The molecule has 7 heteroatoms. The molecule has 0 atom stereocenters. The molecule has 0 saturated carbocycles. The minimum absolute atomic E-state index is 0.569. The van der Waals surface area contributed by atoms with Gasteiger partial charge >= 0.3 is 0 Å². The van der Waals surface area contributed by atoms with Gasteiger partial charge in [-0.2, -0.15) is 0 Å². The van der Waals surface area contributed by atoms with E-state index in [1.54, 1.807) is 6.20 Å². The highest BCUT2D eigenvalue weighted by atomic mass is 32.1. The van der Waals surface area contributed by atoms with Gasteiger partial charge < -0.3 is 5.73 Å². The van der Waals surface area contributed by atoms with Crippen molar-refractivity contribution in [2.24, 2.45) is 0 Å². The third-order valence-electron chi connectivity index (χ3n) is 2.85. The van der Waals surface area contributed by atoms with E-state index in [-0.39, 0.29) is 0 Å². The zero-order chi connectivity index (χ0) is 12.8. The van der Waals surface area contributed by atoms with Crippen molar-refractivity contribution >= 4 is 32.5 Å². The monoisotopic (exact) mass is 268 g/mol. The highest BCUT2D eigenvalue weighted by Gasteiger charge is 2.10. The Labute approximate surface area is 111 Å². The molecule has 4 aromatic rings. The van der Waals surface area contributed by atoms with E-state index in [9.17, 15) is 0 Å². The predicted molar refractivity (Wildman–Crippen MR) is 73.8 cm³/mol. The van der Waals surface area contributed by atoms with Crippen molar-refractivity contribution in [3.05, 3.63) is 36.7 Å². The summed E-state index contributed by atoms with van der Waals surface area (Å²) in [5.41, 5.74) is 7.58. The number of nitrogens with zero attached hydrogens (tertiary/aromatic N) is 5. The zero-order valence-corrected chi connectivity index (χ0v) is 10.5. The van der Waals surface area contributed by atoms with Gasteiger partial charge in [0.1, 0.15) is 0 Å². The van der Waals surface area contributed by atoms with Crippen LogP contribution in [0.25, 0.3) is 27.4 Å². The smallest absolute Gasteiger partial charge is 0.255 e. The molecule has 0 saturated heterocycles. The summed E-state index contributed by atoms with van der Waals surface area (Å²) in [4.78, 5) is 8.39. The number of rotatable bonds is 1. The van der Waals surface area contributed by atoms with Gasteiger partial charge in [0.25, 0.3) is 5.78 Å². The number of fused-ring (bicyclic) bond motifs is 2. The fraction of sp³-hybridized carbons (Fsp3) is 0. The van der Waals surface area contributed by atoms with Gasteiger partial charge in [0.2, 0.25) is 0 Å². The molecule has 0 spiro atoms. The number of hydrogen-bond donors (Lipinski definition) is 1. The lowest BCUT2D eigenvalue weighted by Gasteiger charge is -1.98. The minimum atomic E-state index is 0.569. The highest BCUT2D eigenvalue weighted by molar-refractivity contribution is 7.22. The van der Waals surface area contributed by atoms with E-state index in [1.807, 2.05) is 34.9 Å². The summed E-state index contributed by atoms with van der Waals surface area (Å²) >= 11 is 1.46. The van der Waals surface area contributed by atoms with Crippen LogP contribution in [0.4, 0.5) is 5.13 Å². The highest BCUT2D eigenvalue weighted by Crippen LogP contribution is 2.28. The number of benzene rings is 1. The van der Waals surface area contributed by atoms with Crippen molar-refractivity contribution in [3.8, 4) is 11.4 Å². The fourth-order valence-electron chi connectivity index (χ4n) is 2.02. The Kier molecular flexibility index (Phi) is 2.04. The van der Waals surface area contributed by atoms with Crippen LogP contribution in [0.5, 0.6) is 0 Å². The molecular weight excluding hydrogens is 260 g/mol. The van der Waals surface area contributed by atoms with Gasteiger partial charge in [-0.3, -0.25) is 4.40 Å². The summed E-state index contributed by atoms with van der Waals surface area (Å²) < 4.78 is 2.89. The lowest BCUT2D eigenvalue weighted by molar-refractivity contribution is 1.10. The van der Waals surface area contributed by atoms with E-state index in [0.717, 1.165) is 21.6 Å². The normalized spacial score (nSPS) is 11.4. The molecule has 0 aliphatic carbocycles. The molecule has 0 bridgehead atoms. The molecule has 19 heavy (non-hydrogen) atoms. The standard InChI is InChI=1S/C12H8N6S/c13-11-15-8-3-2-7(6-9(8)19-11)10-16-17-12-14-4-1-5-18(10)12/h1-6H,(H2,13,15). The lowest BCUT2D eigenvalue weighted by Crippen LogP contribution is -1.89. The van der Waals surface area contributed by atoms with Crippen molar-refractivity contribution in [3.63, 3.8) is 0 Å². The first-order chi connectivity index (χ1) is 9.31. The number of anilines is 1. The van der Waals surface area contributed by atoms with E-state index in [2.05, 4.69) is 20.2 Å². The van der Waals surface area contributed by atoms with E-state index in [0.29, 0.717) is 10.9 Å². The first kappa shape index (κ1) is 10.4. The van der Waals surface area contributed by atoms with Crippen LogP contribution in [0, 0.1) is 0 Å². The zero-order valence-electron chi connectivity index (χ0n) is 9.69. The molecular formula is C12H8N6S. The van der Waals surface area contributed by atoms with Crippen LogP contribution in [0.2, 0.25) is 0 Å². The Hall–Kier alpha value is -2.54. The molecule has 0 aliphatic rings. The molecule has 3 heterocycles. The second kappa shape index (κ2) is 3.72. The quantitative estimate of drug-likeness (QED) is 0.571. The van der Waals surface area contributed by atoms with E-state index in [1.165, 1.54) is 11.3 Å². The van der Waals surface area contributed by atoms with Gasteiger partial charge in [-0.1, -0.05) is 11.3 Å². The van der Waals surface area contributed by atoms with Crippen LogP contribution in [0.1, 0.15) is 0 Å². The topological polar surface area (TPSA) is 82.0 Å². The Morgan fingerprint density at radius 1 is 1.21 bits per heavy atom. The van der Waals surface area contributed by atoms with E-state index >= 15 is 0 Å². The third kappa shape index (κ3) is 1.55. The summed E-state index contributed by atoms with van der Waals surface area (Å²) in [5.74, 6) is 1.35. The number of hydrogen-bond acceptors (Lipinski definition) is 6. The van der Waals surface area contributed by atoms with Crippen molar-refractivity contribution < 1.29 is 0 Å². The average Bonchev–Trinajstić information content (AvgIpc) is 2.99. The lowest BCUT2D eigenvalue weighted by atomic mass is 10.2. The number of nitrogen functional groups attached to an aromatic ring is 1. The molecule has 0 unspecified atom stereocenters. The summed E-state index contributed by atoms with van der Waals surface area (Å²) in [6, 6.07) is 7.77. The summed E-state index contributed by atoms with van der Waals surface area (Å²) in [5, 5.41) is 8.80. The Bertz CT molecular complexity index is 893. The van der Waals surface area contributed by atoms with Gasteiger partial charge in [-0.25, -0.2) is 9.97 Å². The van der Waals surface area contributed by atoms with E-state index < -0.39 is 0 Å². The van der Waals surface area contributed by atoms with Crippen LogP contribution in [-0.2, 0) is 0 Å². The minimum Gasteiger partial charge on any atom is -0.375 e. The van der Waals surface area contributed by atoms with Crippen LogP contribution in [-0.4, -0.2) is 24.6 Å². The molecule has 1 aromatic carbocycles. The molecule has 0 radical (unpaired) electrons. The Morgan fingerprint density at radius 3 is 3.11 bits per heavy atom. The molecule has 4 rings (SSSR count). The predicted octanol–water partition coefficient (Wildman–Crippen LogP) is 1.98. The fourth-order valence-corrected chi connectivity index (χ4v) is 2.79. The first-order valence-electron chi connectivity index (χ1n) is 5.63. The van der Waals surface area contributed by atoms with Crippen molar-refractivity contribution in [2.45, 2.75) is 0 Å². The first-order valence-corrected chi connectivity index (χ1v) is 6.45. The molecule has 0 amide bonds. The molecule has 6 nitrogen and oxygen atoms in total. The van der Waals surface area contributed by atoms with Crippen molar-refractivity contribution in [1.29, 1.82) is 0 Å². The van der Waals surface area contributed by atoms with Gasteiger partial charge in [-0.15, -0.1) is 10.2 Å². The number of nitrogens with two attached hydrogens (primary N) is 1. The molecule has 0 fully saturated rings. The van der Waals surface area contributed by atoms with Crippen molar-refractivity contribution in [2.75, 3.05) is 5.73 Å². The second-order valence-electron chi connectivity index (χ2n) is 4.05. The number of thiazole rings is 1. The van der Waals surface area contributed by atoms with Gasteiger partial charge in [0.15, 0.2) is 11.0 Å². The molecule has 3 aromatic heterocycles. The molecule has 92 valence electrons. The van der Waals surface area contributed by atoms with Gasteiger partial charge in [-0.05, 0) is 24.3 Å². The maximum absolute atomic E-state index is 5.71. The summed E-state index contributed by atoms with van der Waals surface area (Å²) in [7, 11) is 0. The molecule has 2 N–H and O–H groups in total. The second-order valence-corrected chi connectivity index (χ2v) is 5.11. The van der Waals surface area contributed by atoms with Gasteiger partial charge in [0.05, 0.1) is 10.2 Å². The van der Waals surface area contributed by atoms with Crippen LogP contribution < -0.4 is 5.73 Å². The Balaban J connectivity index is 1.98. The van der Waals surface area contributed by atoms with E-state index in [4.69, 9.17) is 5.73 Å². The largest absolute Gasteiger partial charge is 0.375 e.